The van der Waals surface area contributed by atoms with Gasteiger partial charge in [-0.2, -0.15) is 0 Å². The lowest BCUT2D eigenvalue weighted by atomic mass is 9.99. The number of hydrogen-bond acceptors (Lipinski definition) is 3. The van der Waals surface area contributed by atoms with Crippen LogP contribution in [-0.4, -0.2) is 25.5 Å². The van der Waals surface area contributed by atoms with E-state index in [9.17, 15) is 0 Å². The Balaban J connectivity index is 1.99. The van der Waals surface area contributed by atoms with Crippen molar-refractivity contribution in [2.45, 2.75) is 25.7 Å². The van der Waals surface area contributed by atoms with Crippen molar-refractivity contribution in [1.29, 1.82) is 0 Å². The molecule has 2 aromatic rings. The normalized spacial score (nSPS) is 19.5. The summed E-state index contributed by atoms with van der Waals surface area (Å²) in [7, 11) is 4.06. The standard InChI is InChI=1S/C19H21ClN2O/c1-19(2)21-17(14-6-5-7-15(20)12-14)18(23-19)13-8-10-16(11-9-13)22(3)4/h5-12,18H,1-4H3. The van der Waals surface area contributed by atoms with E-state index in [1.165, 1.54) is 0 Å². The smallest absolute Gasteiger partial charge is 0.155 e. The molecule has 0 saturated heterocycles. The highest BCUT2D eigenvalue weighted by atomic mass is 35.5. The Labute approximate surface area is 142 Å². The summed E-state index contributed by atoms with van der Waals surface area (Å²) >= 11 is 6.14. The Bertz CT molecular complexity index is 735. The first-order chi connectivity index (χ1) is 10.9. The molecule has 3 rings (SSSR count). The van der Waals surface area contributed by atoms with Crippen LogP contribution in [0.1, 0.15) is 31.1 Å². The molecule has 1 aliphatic heterocycles. The van der Waals surface area contributed by atoms with Gasteiger partial charge < -0.3 is 9.64 Å². The SMILES string of the molecule is CN(C)c1ccc(C2OC(C)(C)N=C2c2cccc(Cl)c2)cc1. The fourth-order valence-corrected chi connectivity index (χ4v) is 2.95. The maximum atomic E-state index is 6.18. The van der Waals surface area contributed by atoms with E-state index in [-0.39, 0.29) is 6.10 Å². The minimum absolute atomic E-state index is 0.181. The Hall–Kier alpha value is -1.84. The second-order valence-electron chi connectivity index (χ2n) is 6.44. The summed E-state index contributed by atoms with van der Waals surface area (Å²) in [6, 6.07) is 16.2. The predicted octanol–water partition coefficient (Wildman–Crippen LogP) is 4.70. The van der Waals surface area contributed by atoms with Crippen molar-refractivity contribution in [3.63, 3.8) is 0 Å². The van der Waals surface area contributed by atoms with Gasteiger partial charge in [-0.25, -0.2) is 0 Å². The molecule has 2 aromatic carbocycles. The Morgan fingerprint density at radius 1 is 1.09 bits per heavy atom. The molecule has 3 nitrogen and oxygen atoms in total. The molecule has 23 heavy (non-hydrogen) atoms. The highest BCUT2D eigenvalue weighted by Crippen LogP contribution is 2.36. The summed E-state index contributed by atoms with van der Waals surface area (Å²) in [5.41, 5.74) is 3.65. The molecule has 0 radical (unpaired) electrons. The van der Waals surface area contributed by atoms with E-state index < -0.39 is 5.72 Å². The number of hydrogen-bond donors (Lipinski definition) is 0. The molecular formula is C19H21ClN2O. The maximum absolute atomic E-state index is 6.18. The van der Waals surface area contributed by atoms with Crippen LogP contribution in [0, 0.1) is 0 Å². The quantitative estimate of drug-likeness (QED) is 0.815. The second-order valence-corrected chi connectivity index (χ2v) is 6.87. The lowest BCUT2D eigenvalue weighted by molar-refractivity contribution is -0.0160. The molecule has 0 bridgehead atoms. The molecule has 1 heterocycles. The van der Waals surface area contributed by atoms with Gasteiger partial charge in [-0.1, -0.05) is 35.9 Å². The van der Waals surface area contributed by atoms with Gasteiger partial charge in [-0.3, -0.25) is 4.99 Å². The topological polar surface area (TPSA) is 24.8 Å². The Morgan fingerprint density at radius 3 is 2.39 bits per heavy atom. The zero-order valence-corrected chi connectivity index (χ0v) is 14.6. The van der Waals surface area contributed by atoms with Crippen molar-refractivity contribution >= 4 is 23.0 Å². The minimum Gasteiger partial charge on any atom is -0.378 e. The Kier molecular flexibility index (Phi) is 4.17. The van der Waals surface area contributed by atoms with E-state index in [1.807, 2.05) is 52.2 Å². The van der Waals surface area contributed by atoms with Gasteiger partial charge in [0.1, 0.15) is 6.10 Å². The molecule has 0 N–H and O–H groups in total. The number of rotatable bonds is 3. The summed E-state index contributed by atoms with van der Waals surface area (Å²) in [6.45, 7) is 3.96. The molecule has 1 unspecified atom stereocenters. The van der Waals surface area contributed by atoms with Gasteiger partial charge in [0.05, 0.1) is 5.71 Å². The van der Waals surface area contributed by atoms with E-state index in [0.717, 1.165) is 22.5 Å². The van der Waals surface area contributed by atoms with Gasteiger partial charge in [0, 0.05) is 30.4 Å². The molecule has 0 spiro atoms. The van der Waals surface area contributed by atoms with E-state index in [4.69, 9.17) is 21.3 Å². The zero-order valence-electron chi connectivity index (χ0n) is 13.9. The molecule has 0 aliphatic carbocycles. The van der Waals surface area contributed by atoms with E-state index >= 15 is 0 Å². The third kappa shape index (κ3) is 3.41. The molecular weight excluding hydrogens is 308 g/mol. The zero-order chi connectivity index (χ0) is 16.6. The summed E-state index contributed by atoms with van der Waals surface area (Å²) in [5, 5.41) is 0.705. The van der Waals surface area contributed by atoms with Crippen LogP contribution in [0.5, 0.6) is 0 Å². The number of nitrogens with zero attached hydrogens (tertiary/aromatic N) is 2. The summed E-state index contributed by atoms with van der Waals surface area (Å²) < 4.78 is 6.18. The van der Waals surface area contributed by atoms with Crippen molar-refractivity contribution in [3.8, 4) is 0 Å². The lowest BCUT2D eigenvalue weighted by Crippen LogP contribution is -2.18. The van der Waals surface area contributed by atoms with E-state index in [2.05, 4.69) is 29.2 Å². The van der Waals surface area contributed by atoms with Crippen LogP contribution in [0.3, 0.4) is 0 Å². The maximum Gasteiger partial charge on any atom is 0.155 e. The van der Waals surface area contributed by atoms with Crippen LogP contribution < -0.4 is 4.90 Å². The first kappa shape index (κ1) is 16.0. The van der Waals surface area contributed by atoms with Crippen LogP contribution in [0.25, 0.3) is 0 Å². The van der Waals surface area contributed by atoms with Gasteiger partial charge >= 0.3 is 0 Å². The molecule has 120 valence electrons. The van der Waals surface area contributed by atoms with Crippen LogP contribution in [0.4, 0.5) is 5.69 Å². The average molecular weight is 329 g/mol. The number of benzene rings is 2. The monoisotopic (exact) mass is 328 g/mol. The third-order valence-electron chi connectivity index (χ3n) is 3.88. The van der Waals surface area contributed by atoms with Gasteiger partial charge in [0.2, 0.25) is 0 Å². The molecule has 0 aromatic heterocycles. The van der Waals surface area contributed by atoms with Gasteiger partial charge in [-0.05, 0) is 43.7 Å². The van der Waals surface area contributed by atoms with Crippen molar-refractivity contribution in [3.05, 3.63) is 64.7 Å². The largest absolute Gasteiger partial charge is 0.378 e. The molecule has 1 aliphatic rings. The molecule has 0 saturated carbocycles. The van der Waals surface area contributed by atoms with Crippen LogP contribution in [0.2, 0.25) is 5.02 Å². The number of ether oxygens (including phenoxy) is 1. The third-order valence-corrected chi connectivity index (χ3v) is 4.11. The van der Waals surface area contributed by atoms with Crippen LogP contribution in [0.15, 0.2) is 53.5 Å². The molecule has 4 heteroatoms. The predicted molar refractivity (Wildman–Crippen MR) is 96.7 cm³/mol. The van der Waals surface area contributed by atoms with Gasteiger partial charge in [-0.15, -0.1) is 0 Å². The second kappa shape index (κ2) is 5.99. The van der Waals surface area contributed by atoms with Crippen LogP contribution >= 0.6 is 11.6 Å². The fourth-order valence-electron chi connectivity index (χ4n) is 2.76. The van der Waals surface area contributed by atoms with Gasteiger partial charge in [0.25, 0.3) is 0 Å². The van der Waals surface area contributed by atoms with E-state index in [1.54, 1.807) is 0 Å². The Morgan fingerprint density at radius 2 is 1.78 bits per heavy atom. The summed E-state index contributed by atoms with van der Waals surface area (Å²) in [6.07, 6.45) is -0.181. The van der Waals surface area contributed by atoms with Gasteiger partial charge in [0.15, 0.2) is 5.72 Å². The molecule has 0 amide bonds. The first-order valence-electron chi connectivity index (χ1n) is 7.66. The fraction of sp³-hybridized carbons (Fsp3) is 0.316. The molecule has 1 atom stereocenters. The van der Waals surface area contributed by atoms with Crippen molar-refractivity contribution < 1.29 is 4.74 Å². The minimum atomic E-state index is -0.539. The number of anilines is 1. The summed E-state index contributed by atoms with van der Waals surface area (Å²) in [4.78, 5) is 6.85. The number of halogens is 1. The van der Waals surface area contributed by atoms with Crippen molar-refractivity contribution in [1.82, 2.24) is 0 Å². The average Bonchev–Trinajstić information content (AvgIpc) is 2.83. The van der Waals surface area contributed by atoms with Crippen molar-refractivity contribution in [2.24, 2.45) is 4.99 Å². The highest BCUT2D eigenvalue weighted by Gasteiger charge is 2.36. The highest BCUT2D eigenvalue weighted by molar-refractivity contribution is 6.31. The van der Waals surface area contributed by atoms with Crippen molar-refractivity contribution in [2.75, 3.05) is 19.0 Å². The molecule has 0 fully saturated rings. The van der Waals surface area contributed by atoms with Crippen LogP contribution in [-0.2, 0) is 4.74 Å². The number of aliphatic imine (C=N–C) groups is 1. The first-order valence-corrected chi connectivity index (χ1v) is 8.04. The lowest BCUT2D eigenvalue weighted by Gasteiger charge is -2.20. The summed E-state index contributed by atoms with van der Waals surface area (Å²) in [5.74, 6) is 0. The van der Waals surface area contributed by atoms with E-state index in [0.29, 0.717) is 5.02 Å².